The molecule has 2 rings (SSSR count). The summed E-state index contributed by atoms with van der Waals surface area (Å²) in [5.41, 5.74) is -0.212. The summed E-state index contributed by atoms with van der Waals surface area (Å²) in [4.78, 5) is 12.2. The van der Waals surface area contributed by atoms with Gasteiger partial charge in [-0.25, -0.2) is 8.78 Å². The lowest BCUT2D eigenvalue weighted by Crippen LogP contribution is -2.45. The van der Waals surface area contributed by atoms with Crippen LogP contribution in [0.2, 0.25) is 0 Å². The molecule has 1 aliphatic carbocycles. The second-order valence-electron chi connectivity index (χ2n) is 6.51. The molecule has 0 aromatic heterocycles. The molecule has 1 N–H and O–H groups in total. The molecule has 21 heavy (non-hydrogen) atoms. The highest BCUT2D eigenvalue weighted by Gasteiger charge is 2.32. The zero-order chi connectivity index (χ0) is 15.6. The average molecular weight is 295 g/mol. The third-order valence-electron chi connectivity index (χ3n) is 4.53. The predicted molar refractivity (Wildman–Crippen MR) is 79.0 cm³/mol. The van der Waals surface area contributed by atoms with E-state index < -0.39 is 17.5 Å². The second kappa shape index (κ2) is 6.54. The van der Waals surface area contributed by atoms with Crippen molar-refractivity contribution in [1.82, 2.24) is 5.32 Å². The largest absolute Gasteiger partial charge is 0.349 e. The SMILES string of the molecule is CC1CCC(C(C)C)C(NC(=O)c2cccc(F)c2F)C1. The number of halogens is 2. The molecule has 1 aliphatic rings. The monoisotopic (exact) mass is 295 g/mol. The van der Waals surface area contributed by atoms with Gasteiger partial charge < -0.3 is 5.32 Å². The van der Waals surface area contributed by atoms with Crippen molar-refractivity contribution in [1.29, 1.82) is 0 Å². The Hall–Kier alpha value is -1.45. The number of carbonyl (C=O) groups is 1. The molecule has 4 heteroatoms. The van der Waals surface area contributed by atoms with Gasteiger partial charge in [0.25, 0.3) is 5.91 Å². The normalized spacial score (nSPS) is 25.9. The number of carbonyl (C=O) groups excluding carboxylic acids is 1. The molecule has 1 aromatic rings. The van der Waals surface area contributed by atoms with Crippen LogP contribution in [0.1, 0.15) is 50.4 Å². The fraction of sp³-hybridized carbons (Fsp3) is 0.588. The van der Waals surface area contributed by atoms with Gasteiger partial charge in [-0.2, -0.15) is 0 Å². The smallest absolute Gasteiger partial charge is 0.254 e. The third kappa shape index (κ3) is 3.60. The van der Waals surface area contributed by atoms with Crippen LogP contribution in [0, 0.1) is 29.4 Å². The Kier molecular flexibility index (Phi) is 4.96. The highest BCUT2D eigenvalue weighted by Crippen LogP contribution is 2.33. The van der Waals surface area contributed by atoms with Crippen LogP contribution in [0.25, 0.3) is 0 Å². The Labute approximate surface area is 124 Å². The minimum Gasteiger partial charge on any atom is -0.349 e. The fourth-order valence-electron chi connectivity index (χ4n) is 3.29. The van der Waals surface area contributed by atoms with E-state index in [0.29, 0.717) is 17.8 Å². The molecule has 1 amide bonds. The Morgan fingerprint density at radius 1 is 1.29 bits per heavy atom. The van der Waals surface area contributed by atoms with E-state index in [0.717, 1.165) is 25.3 Å². The molecule has 0 saturated heterocycles. The molecule has 2 nitrogen and oxygen atoms in total. The van der Waals surface area contributed by atoms with Crippen molar-refractivity contribution in [2.45, 2.75) is 46.1 Å². The quantitative estimate of drug-likeness (QED) is 0.891. The molecule has 1 aromatic carbocycles. The average Bonchev–Trinajstić information content (AvgIpc) is 2.41. The highest BCUT2D eigenvalue weighted by atomic mass is 19.2. The van der Waals surface area contributed by atoms with Gasteiger partial charge in [0, 0.05) is 6.04 Å². The van der Waals surface area contributed by atoms with Gasteiger partial charge in [-0.3, -0.25) is 4.79 Å². The first-order chi connectivity index (χ1) is 9.90. The molecule has 1 fully saturated rings. The van der Waals surface area contributed by atoms with Crippen molar-refractivity contribution >= 4 is 5.91 Å². The molecule has 0 radical (unpaired) electrons. The van der Waals surface area contributed by atoms with Crippen molar-refractivity contribution in [3.8, 4) is 0 Å². The van der Waals surface area contributed by atoms with E-state index in [-0.39, 0.29) is 11.6 Å². The van der Waals surface area contributed by atoms with E-state index in [4.69, 9.17) is 0 Å². The number of amides is 1. The van der Waals surface area contributed by atoms with Gasteiger partial charge in [0.05, 0.1) is 5.56 Å². The van der Waals surface area contributed by atoms with Crippen LogP contribution in [0.3, 0.4) is 0 Å². The Bertz CT molecular complexity index is 516. The summed E-state index contributed by atoms with van der Waals surface area (Å²) in [7, 11) is 0. The van der Waals surface area contributed by atoms with Gasteiger partial charge in [-0.1, -0.05) is 33.3 Å². The van der Waals surface area contributed by atoms with Crippen LogP contribution >= 0.6 is 0 Å². The molecule has 3 unspecified atom stereocenters. The van der Waals surface area contributed by atoms with Crippen molar-refractivity contribution in [2.75, 3.05) is 0 Å². The minimum absolute atomic E-state index is 0.0314. The lowest BCUT2D eigenvalue weighted by atomic mass is 9.74. The number of rotatable bonds is 3. The Balaban J connectivity index is 2.14. The first-order valence-electron chi connectivity index (χ1n) is 7.65. The van der Waals surface area contributed by atoms with Crippen LogP contribution in [0.4, 0.5) is 8.78 Å². The van der Waals surface area contributed by atoms with Crippen LogP contribution in [0.5, 0.6) is 0 Å². The minimum atomic E-state index is -1.07. The van der Waals surface area contributed by atoms with E-state index in [9.17, 15) is 13.6 Å². The number of hydrogen-bond acceptors (Lipinski definition) is 1. The lowest BCUT2D eigenvalue weighted by molar-refractivity contribution is 0.0863. The second-order valence-corrected chi connectivity index (χ2v) is 6.51. The van der Waals surface area contributed by atoms with E-state index in [1.165, 1.54) is 12.1 Å². The summed E-state index contributed by atoms with van der Waals surface area (Å²) in [6.07, 6.45) is 3.12. The van der Waals surface area contributed by atoms with Crippen molar-refractivity contribution in [2.24, 2.45) is 17.8 Å². The maximum Gasteiger partial charge on any atom is 0.254 e. The fourth-order valence-corrected chi connectivity index (χ4v) is 3.29. The van der Waals surface area contributed by atoms with E-state index in [1.54, 1.807) is 0 Å². The third-order valence-corrected chi connectivity index (χ3v) is 4.53. The molecule has 0 spiro atoms. The van der Waals surface area contributed by atoms with Gasteiger partial charge in [0.1, 0.15) is 0 Å². The molecular weight excluding hydrogens is 272 g/mol. The zero-order valence-electron chi connectivity index (χ0n) is 12.8. The van der Waals surface area contributed by atoms with Gasteiger partial charge in [-0.05, 0) is 42.7 Å². The van der Waals surface area contributed by atoms with Gasteiger partial charge in [-0.15, -0.1) is 0 Å². The summed E-state index contributed by atoms with van der Waals surface area (Å²) in [5.74, 6) is -1.18. The number of hydrogen-bond donors (Lipinski definition) is 1. The molecular formula is C17H23F2NO. The van der Waals surface area contributed by atoms with Gasteiger partial charge in [0.2, 0.25) is 0 Å². The first kappa shape index (κ1) is 15.9. The molecule has 0 heterocycles. The van der Waals surface area contributed by atoms with E-state index in [2.05, 4.69) is 26.1 Å². The van der Waals surface area contributed by atoms with Crippen LogP contribution in [-0.4, -0.2) is 11.9 Å². The summed E-state index contributed by atoms with van der Waals surface area (Å²) < 4.78 is 26.9. The highest BCUT2D eigenvalue weighted by molar-refractivity contribution is 5.94. The molecule has 1 saturated carbocycles. The summed E-state index contributed by atoms with van der Waals surface area (Å²) >= 11 is 0. The van der Waals surface area contributed by atoms with Crippen LogP contribution < -0.4 is 5.32 Å². The molecule has 0 aliphatic heterocycles. The lowest BCUT2D eigenvalue weighted by Gasteiger charge is -2.37. The zero-order valence-corrected chi connectivity index (χ0v) is 12.8. The molecule has 3 atom stereocenters. The van der Waals surface area contributed by atoms with Crippen LogP contribution in [-0.2, 0) is 0 Å². The molecule has 0 bridgehead atoms. The summed E-state index contributed by atoms with van der Waals surface area (Å²) in [5, 5.41) is 2.92. The Morgan fingerprint density at radius 3 is 2.67 bits per heavy atom. The van der Waals surface area contributed by atoms with Crippen LogP contribution in [0.15, 0.2) is 18.2 Å². The topological polar surface area (TPSA) is 29.1 Å². The van der Waals surface area contributed by atoms with Gasteiger partial charge >= 0.3 is 0 Å². The molecule has 116 valence electrons. The standard InChI is InChI=1S/C17H23F2NO/c1-10(2)12-8-7-11(3)9-15(12)20-17(21)13-5-4-6-14(18)16(13)19/h4-6,10-12,15H,7-9H2,1-3H3,(H,20,21). The van der Waals surface area contributed by atoms with E-state index in [1.807, 2.05) is 0 Å². The first-order valence-corrected chi connectivity index (χ1v) is 7.65. The summed E-state index contributed by atoms with van der Waals surface area (Å²) in [6.45, 7) is 6.45. The summed E-state index contributed by atoms with van der Waals surface area (Å²) in [6, 6.07) is 3.73. The van der Waals surface area contributed by atoms with E-state index >= 15 is 0 Å². The number of nitrogens with one attached hydrogen (secondary N) is 1. The Morgan fingerprint density at radius 2 is 2.00 bits per heavy atom. The number of benzene rings is 1. The maximum absolute atomic E-state index is 13.7. The maximum atomic E-state index is 13.7. The van der Waals surface area contributed by atoms with Crippen molar-refractivity contribution < 1.29 is 13.6 Å². The van der Waals surface area contributed by atoms with Crippen molar-refractivity contribution in [3.63, 3.8) is 0 Å². The van der Waals surface area contributed by atoms with Crippen molar-refractivity contribution in [3.05, 3.63) is 35.4 Å². The predicted octanol–water partition coefficient (Wildman–Crippen LogP) is 4.16. The van der Waals surface area contributed by atoms with Gasteiger partial charge in [0.15, 0.2) is 11.6 Å².